The van der Waals surface area contributed by atoms with Crippen molar-refractivity contribution in [1.29, 1.82) is 0 Å². The lowest BCUT2D eigenvalue weighted by atomic mass is 10.2. The van der Waals surface area contributed by atoms with Crippen LogP contribution in [-0.2, 0) is 0 Å². The number of benzene rings is 1. The number of ether oxygens (including phenoxy) is 3. The fourth-order valence-corrected chi connectivity index (χ4v) is 1.80. The Morgan fingerprint density at radius 3 is 2.89 bits per heavy atom. The molecule has 96 valence electrons. The summed E-state index contributed by atoms with van der Waals surface area (Å²) < 4.78 is 15.5. The molecule has 0 atom stereocenters. The molecule has 5 nitrogen and oxygen atoms in total. The zero-order valence-corrected chi connectivity index (χ0v) is 10.4. The molecule has 2 heterocycles. The van der Waals surface area contributed by atoms with Gasteiger partial charge in [-0.05, 0) is 18.2 Å². The van der Waals surface area contributed by atoms with Crippen molar-refractivity contribution in [2.75, 3.05) is 6.79 Å². The Kier molecular flexibility index (Phi) is 2.97. The molecular formula is C13H8ClNO4. The smallest absolute Gasteiger partial charge is 0.343 e. The minimum atomic E-state index is -0.512. The number of carbonyl (C=O) groups is 1. The highest BCUT2D eigenvalue weighted by Gasteiger charge is 2.17. The molecule has 1 aliphatic heterocycles. The fraction of sp³-hybridized carbons (Fsp3) is 0.0769. The first-order valence-corrected chi connectivity index (χ1v) is 5.82. The lowest BCUT2D eigenvalue weighted by Crippen LogP contribution is -2.08. The van der Waals surface area contributed by atoms with Gasteiger partial charge in [-0.3, -0.25) is 4.98 Å². The molecule has 0 saturated carbocycles. The maximum atomic E-state index is 11.9. The van der Waals surface area contributed by atoms with Gasteiger partial charge in [0.15, 0.2) is 17.2 Å². The predicted octanol–water partition coefficient (Wildman–Crippen LogP) is 2.68. The van der Waals surface area contributed by atoms with Gasteiger partial charge in [-0.2, -0.15) is 0 Å². The summed E-state index contributed by atoms with van der Waals surface area (Å²) in [5.41, 5.74) is 0.365. The Morgan fingerprint density at radius 2 is 2.05 bits per heavy atom. The molecule has 0 saturated heterocycles. The van der Waals surface area contributed by atoms with Crippen LogP contribution in [0.5, 0.6) is 17.2 Å². The summed E-state index contributed by atoms with van der Waals surface area (Å²) in [5, 5.41) is 0.399. The molecule has 0 spiro atoms. The second-order valence-electron chi connectivity index (χ2n) is 3.80. The second kappa shape index (κ2) is 4.78. The Hall–Kier alpha value is -2.27. The first-order valence-electron chi connectivity index (χ1n) is 5.45. The van der Waals surface area contributed by atoms with Crippen molar-refractivity contribution >= 4 is 17.6 Å². The minimum Gasteiger partial charge on any atom is -0.454 e. The quantitative estimate of drug-likeness (QED) is 0.790. The van der Waals surface area contributed by atoms with Crippen molar-refractivity contribution in [3.8, 4) is 17.2 Å². The van der Waals surface area contributed by atoms with E-state index in [0.717, 1.165) is 0 Å². The first-order chi connectivity index (χ1) is 9.22. The van der Waals surface area contributed by atoms with E-state index in [9.17, 15) is 4.79 Å². The molecule has 19 heavy (non-hydrogen) atoms. The van der Waals surface area contributed by atoms with Crippen molar-refractivity contribution < 1.29 is 19.0 Å². The molecule has 6 heteroatoms. The third kappa shape index (κ3) is 2.46. The number of esters is 1. The molecule has 2 aromatic rings. The monoisotopic (exact) mass is 277 g/mol. The summed E-state index contributed by atoms with van der Waals surface area (Å²) in [7, 11) is 0. The molecule has 0 amide bonds. The highest BCUT2D eigenvalue weighted by molar-refractivity contribution is 6.30. The van der Waals surface area contributed by atoms with Gasteiger partial charge in [0.1, 0.15) is 0 Å². The first kappa shape index (κ1) is 11.8. The molecule has 1 aromatic carbocycles. The van der Waals surface area contributed by atoms with Gasteiger partial charge in [0.2, 0.25) is 6.79 Å². The van der Waals surface area contributed by atoms with Crippen LogP contribution in [0.4, 0.5) is 0 Å². The number of pyridine rings is 1. The summed E-state index contributed by atoms with van der Waals surface area (Å²) in [6.07, 6.45) is 2.87. The van der Waals surface area contributed by atoms with Crippen LogP contribution in [0.3, 0.4) is 0 Å². The Labute approximate surface area is 113 Å². The van der Waals surface area contributed by atoms with Gasteiger partial charge in [0, 0.05) is 12.3 Å². The van der Waals surface area contributed by atoms with E-state index in [2.05, 4.69) is 4.98 Å². The lowest BCUT2D eigenvalue weighted by Gasteiger charge is -2.04. The SMILES string of the molecule is O=C(Oc1cncc(Cl)c1)c1ccc2c(c1)OCO2. The highest BCUT2D eigenvalue weighted by atomic mass is 35.5. The normalized spacial score (nSPS) is 12.3. The average Bonchev–Trinajstić information content (AvgIpc) is 2.85. The molecule has 0 aliphatic carbocycles. The van der Waals surface area contributed by atoms with Gasteiger partial charge in [0.25, 0.3) is 0 Å². The van der Waals surface area contributed by atoms with Gasteiger partial charge in [0.05, 0.1) is 16.8 Å². The summed E-state index contributed by atoms with van der Waals surface area (Å²) >= 11 is 5.76. The van der Waals surface area contributed by atoms with E-state index >= 15 is 0 Å². The van der Waals surface area contributed by atoms with E-state index < -0.39 is 5.97 Å². The number of nitrogens with zero attached hydrogens (tertiary/aromatic N) is 1. The number of rotatable bonds is 2. The van der Waals surface area contributed by atoms with E-state index in [1.54, 1.807) is 18.2 Å². The van der Waals surface area contributed by atoms with Crippen LogP contribution in [-0.4, -0.2) is 17.7 Å². The van der Waals surface area contributed by atoms with Crippen LogP contribution in [0.2, 0.25) is 5.02 Å². The van der Waals surface area contributed by atoms with Crippen LogP contribution in [0.25, 0.3) is 0 Å². The molecule has 3 rings (SSSR count). The highest BCUT2D eigenvalue weighted by Crippen LogP contribution is 2.32. The Morgan fingerprint density at radius 1 is 1.21 bits per heavy atom. The van der Waals surface area contributed by atoms with Crippen molar-refractivity contribution in [2.24, 2.45) is 0 Å². The Bertz CT molecular complexity index is 644. The summed E-state index contributed by atoms with van der Waals surface area (Å²) in [5.74, 6) is 0.914. The van der Waals surface area contributed by atoms with Crippen LogP contribution in [0, 0.1) is 0 Å². The van der Waals surface area contributed by atoms with Crippen LogP contribution < -0.4 is 14.2 Å². The molecule has 1 aromatic heterocycles. The molecule has 0 unspecified atom stereocenters. The van der Waals surface area contributed by atoms with Crippen molar-refractivity contribution in [3.05, 3.63) is 47.2 Å². The number of carbonyl (C=O) groups excluding carboxylic acids is 1. The Balaban J connectivity index is 1.81. The fourth-order valence-electron chi connectivity index (χ4n) is 1.64. The molecule has 0 radical (unpaired) electrons. The van der Waals surface area contributed by atoms with Gasteiger partial charge < -0.3 is 14.2 Å². The molecular weight excluding hydrogens is 270 g/mol. The van der Waals surface area contributed by atoms with E-state index in [1.165, 1.54) is 18.5 Å². The van der Waals surface area contributed by atoms with Gasteiger partial charge >= 0.3 is 5.97 Å². The summed E-state index contributed by atoms with van der Waals surface area (Å²) in [6, 6.07) is 6.35. The van der Waals surface area contributed by atoms with E-state index in [4.69, 9.17) is 25.8 Å². The van der Waals surface area contributed by atoms with E-state index in [-0.39, 0.29) is 12.5 Å². The van der Waals surface area contributed by atoms with Gasteiger partial charge in [-0.1, -0.05) is 11.6 Å². The summed E-state index contributed by atoms with van der Waals surface area (Å²) in [6.45, 7) is 0.159. The topological polar surface area (TPSA) is 57.7 Å². The number of hydrogen-bond donors (Lipinski definition) is 0. The molecule has 1 aliphatic rings. The zero-order chi connectivity index (χ0) is 13.2. The molecule has 0 fully saturated rings. The number of halogens is 1. The lowest BCUT2D eigenvalue weighted by molar-refractivity contribution is 0.0733. The maximum absolute atomic E-state index is 11.9. The van der Waals surface area contributed by atoms with Crippen LogP contribution >= 0.6 is 11.6 Å². The predicted molar refractivity (Wildman–Crippen MR) is 66.8 cm³/mol. The van der Waals surface area contributed by atoms with E-state index in [0.29, 0.717) is 22.1 Å². The minimum absolute atomic E-state index is 0.159. The summed E-state index contributed by atoms with van der Waals surface area (Å²) in [4.78, 5) is 15.8. The maximum Gasteiger partial charge on any atom is 0.343 e. The number of fused-ring (bicyclic) bond motifs is 1. The second-order valence-corrected chi connectivity index (χ2v) is 4.23. The third-order valence-corrected chi connectivity index (χ3v) is 2.71. The number of aromatic nitrogens is 1. The number of hydrogen-bond acceptors (Lipinski definition) is 5. The molecule has 0 N–H and O–H groups in total. The zero-order valence-electron chi connectivity index (χ0n) is 9.63. The van der Waals surface area contributed by atoms with Crippen LogP contribution in [0.1, 0.15) is 10.4 Å². The van der Waals surface area contributed by atoms with Gasteiger partial charge in [-0.25, -0.2) is 4.79 Å². The standard InChI is InChI=1S/C13H8ClNO4/c14-9-4-10(6-15-5-9)19-13(16)8-1-2-11-12(3-8)18-7-17-11/h1-6H,7H2. The average molecular weight is 278 g/mol. The van der Waals surface area contributed by atoms with E-state index in [1.807, 2.05) is 0 Å². The van der Waals surface area contributed by atoms with Crippen LogP contribution in [0.15, 0.2) is 36.7 Å². The van der Waals surface area contributed by atoms with Crippen molar-refractivity contribution in [1.82, 2.24) is 4.98 Å². The van der Waals surface area contributed by atoms with Crippen molar-refractivity contribution in [2.45, 2.75) is 0 Å². The third-order valence-electron chi connectivity index (χ3n) is 2.50. The largest absolute Gasteiger partial charge is 0.454 e. The van der Waals surface area contributed by atoms with Gasteiger partial charge in [-0.15, -0.1) is 0 Å². The van der Waals surface area contributed by atoms with Crippen molar-refractivity contribution in [3.63, 3.8) is 0 Å². The molecule has 0 bridgehead atoms.